The van der Waals surface area contributed by atoms with E-state index in [1.165, 1.54) is 23.9 Å². The minimum absolute atomic E-state index is 0.184. The normalized spacial score (nSPS) is 14.9. The molecule has 1 aliphatic carbocycles. The Kier molecular flexibility index (Phi) is 2.43. The van der Waals surface area contributed by atoms with Crippen molar-refractivity contribution in [2.24, 2.45) is 5.92 Å². The van der Waals surface area contributed by atoms with E-state index in [2.05, 4.69) is 9.97 Å². The molecule has 1 fully saturated rings. The summed E-state index contributed by atoms with van der Waals surface area (Å²) in [4.78, 5) is 24.9. The molecule has 0 spiro atoms. The van der Waals surface area contributed by atoms with Crippen molar-refractivity contribution in [2.75, 3.05) is 6.61 Å². The molecule has 94 valence electrons. The molecule has 0 aromatic carbocycles. The largest absolute Gasteiger partial charge is 0.478 e. The lowest BCUT2D eigenvalue weighted by Gasteiger charge is -2.09. The molecule has 1 aliphatic rings. The highest BCUT2D eigenvalue weighted by molar-refractivity contribution is 6.02. The maximum Gasteiger partial charge on any atom is 0.339 e. The van der Waals surface area contributed by atoms with E-state index in [1.54, 1.807) is 13.1 Å². The van der Waals surface area contributed by atoms with E-state index in [-0.39, 0.29) is 5.56 Å². The lowest BCUT2D eigenvalue weighted by Crippen LogP contribution is -2.16. The Morgan fingerprint density at radius 1 is 1.61 bits per heavy atom. The van der Waals surface area contributed by atoms with Gasteiger partial charge in [-0.15, -0.1) is 0 Å². The van der Waals surface area contributed by atoms with Crippen molar-refractivity contribution in [1.82, 2.24) is 14.7 Å². The maximum atomic E-state index is 11.3. The van der Waals surface area contributed by atoms with E-state index in [4.69, 9.17) is 4.84 Å². The Bertz CT molecular complexity index is 616. The number of aromatic nitrogens is 3. The SMILES string of the molecule is Cc1c(C(=O)O)c2ncncc2n1OCC1CC1. The monoisotopic (exact) mass is 247 g/mol. The Labute approximate surface area is 103 Å². The highest BCUT2D eigenvalue weighted by Gasteiger charge is 2.25. The first kappa shape index (κ1) is 11.0. The summed E-state index contributed by atoms with van der Waals surface area (Å²) in [6.07, 6.45) is 5.29. The van der Waals surface area contributed by atoms with Gasteiger partial charge in [0.2, 0.25) is 0 Å². The van der Waals surface area contributed by atoms with Crippen LogP contribution in [-0.4, -0.2) is 32.4 Å². The minimum atomic E-state index is -0.995. The van der Waals surface area contributed by atoms with Gasteiger partial charge >= 0.3 is 5.97 Å². The fourth-order valence-electron chi connectivity index (χ4n) is 2.00. The third-order valence-corrected chi connectivity index (χ3v) is 3.17. The summed E-state index contributed by atoms with van der Waals surface area (Å²) in [5.74, 6) is -0.398. The van der Waals surface area contributed by atoms with Gasteiger partial charge in [0.25, 0.3) is 0 Å². The van der Waals surface area contributed by atoms with E-state index < -0.39 is 5.97 Å². The zero-order valence-electron chi connectivity index (χ0n) is 9.96. The van der Waals surface area contributed by atoms with Gasteiger partial charge < -0.3 is 9.94 Å². The quantitative estimate of drug-likeness (QED) is 0.880. The predicted octanol–water partition coefficient (Wildman–Crippen LogP) is 1.28. The summed E-state index contributed by atoms with van der Waals surface area (Å²) in [7, 11) is 0. The third-order valence-electron chi connectivity index (χ3n) is 3.17. The number of hydrogen-bond donors (Lipinski definition) is 1. The van der Waals surface area contributed by atoms with Gasteiger partial charge in [0.15, 0.2) is 0 Å². The van der Waals surface area contributed by atoms with Crippen molar-refractivity contribution in [2.45, 2.75) is 19.8 Å². The van der Waals surface area contributed by atoms with Crippen LogP contribution in [0.15, 0.2) is 12.5 Å². The Hall–Kier alpha value is -2.11. The zero-order valence-corrected chi connectivity index (χ0v) is 9.96. The number of fused-ring (bicyclic) bond motifs is 1. The van der Waals surface area contributed by atoms with Gasteiger partial charge in [0.1, 0.15) is 29.5 Å². The molecule has 6 nitrogen and oxygen atoms in total. The fraction of sp³-hybridized carbons (Fsp3) is 0.417. The first-order valence-electron chi connectivity index (χ1n) is 5.86. The first-order valence-corrected chi connectivity index (χ1v) is 5.86. The molecule has 0 unspecified atom stereocenters. The molecule has 0 saturated heterocycles. The second-order valence-electron chi connectivity index (χ2n) is 4.56. The first-order chi connectivity index (χ1) is 8.68. The van der Waals surface area contributed by atoms with Gasteiger partial charge in [-0.1, -0.05) is 0 Å². The minimum Gasteiger partial charge on any atom is -0.478 e. The van der Waals surface area contributed by atoms with Crippen LogP contribution in [0.25, 0.3) is 11.0 Å². The number of carboxylic acids is 1. The molecule has 3 rings (SSSR count). The van der Waals surface area contributed by atoms with Crippen LogP contribution in [0.3, 0.4) is 0 Å². The number of rotatable bonds is 4. The Balaban J connectivity index is 2.10. The van der Waals surface area contributed by atoms with Crippen molar-refractivity contribution < 1.29 is 14.7 Å². The van der Waals surface area contributed by atoms with Crippen LogP contribution in [0.1, 0.15) is 28.9 Å². The van der Waals surface area contributed by atoms with Gasteiger partial charge in [-0.2, -0.15) is 4.73 Å². The lowest BCUT2D eigenvalue weighted by molar-refractivity contribution is 0.0690. The smallest absolute Gasteiger partial charge is 0.339 e. The second kappa shape index (κ2) is 3.97. The summed E-state index contributed by atoms with van der Waals surface area (Å²) in [5, 5.41) is 9.24. The average molecular weight is 247 g/mol. The molecule has 6 heteroatoms. The molecule has 1 N–H and O–H groups in total. The fourth-order valence-corrected chi connectivity index (χ4v) is 2.00. The number of carbonyl (C=O) groups is 1. The molecule has 0 aliphatic heterocycles. The van der Waals surface area contributed by atoms with E-state index >= 15 is 0 Å². The number of aromatic carboxylic acids is 1. The predicted molar refractivity (Wildman–Crippen MR) is 63.4 cm³/mol. The van der Waals surface area contributed by atoms with Gasteiger partial charge in [-0.3, -0.25) is 0 Å². The molecule has 0 bridgehead atoms. The van der Waals surface area contributed by atoms with Crippen molar-refractivity contribution in [3.63, 3.8) is 0 Å². The topological polar surface area (TPSA) is 77.2 Å². The van der Waals surface area contributed by atoms with Crippen molar-refractivity contribution in [3.8, 4) is 0 Å². The summed E-state index contributed by atoms with van der Waals surface area (Å²) >= 11 is 0. The summed E-state index contributed by atoms with van der Waals surface area (Å²) in [6.45, 7) is 2.33. The maximum absolute atomic E-state index is 11.3. The van der Waals surface area contributed by atoms with Crippen molar-refractivity contribution >= 4 is 17.0 Å². The van der Waals surface area contributed by atoms with E-state index in [0.717, 1.165) is 0 Å². The van der Waals surface area contributed by atoms with Gasteiger partial charge in [0, 0.05) is 0 Å². The second-order valence-corrected chi connectivity index (χ2v) is 4.56. The highest BCUT2D eigenvalue weighted by Crippen LogP contribution is 2.29. The molecule has 2 heterocycles. The molecular weight excluding hydrogens is 234 g/mol. The van der Waals surface area contributed by atoms with Crippen molar-refractivity contribution in [3.05, 3.63) is 23.8 Å². The van der Waals surface area contributed by atoms with Crippen LogP contribution in [0.4, 0.5) is 0 Å². The number of hydrogen-bond acceptors (Lipinski definition) is 4. The van der Waals surface area contributed by atoms with E-state index in [9.17, 15) is 9.90 Å². The summed E-state index contributed by atoms with van der Waals surface area (Å²) in [5.41, 5.74) is 1.76. The molecule has 0 radical (unpaired) electrons. The number of carboxylic acid groups (broad SMARTS) is 1. The van der Waals surface area contributed by atoms with E-state index in [1.807, 2.05) is 0 Å². The van der Waals surface area contributed by atoms with Crippen molar-refractivity contribution in [1.29, 1.82) is 0 Å². The van der Waals surface area contributed by atoms with Crippen LogP contribution in [0, 0.1) is 12.8 Å². The summed E-state index contributed by atoms with van der Waals surface area (Å²) in [6, 6.07) is 0. The molecule has 2 aromatic heterocycles. The van der Waals surface area contributed by atoms with Crippen LogP contribution in [-0.2, 0) is 0 Å². The molecule has 0 amide bonds. The van der Waals surface area contributed by atoms with Gasteiger partial charge in [-0.25, -0.2) is 14.8 Å². The Morgan fingerprint density at radius 3 is 3.06 bits per heavy atom. The summed E-state index contributed by atoms with van der Waals surface area (Å²) < 4.78 is 1.54. The third kappa shape index (κ3) is 1.70. The number of nitrogens with zero attached hydrogens (tertiary/aromatic N) is 3. The van der Waals surface area contributed by atoms with Crippen LogP contribution < -0.4 is 4.84 Å². The van der Waals surface area contributed by atoms with Gasteiger partial charge in [-0.05, 0) is 25.7 Å². The molecular formula is C12H13N3O3. The zero-order chi connectivity index (χ0) is 12.7. The van der Waals surface area contributed by atoms with Crippen LogP contribution in [0.5, 0.6) is 0 Å². The molecule has 18 heavy (non-hydrogen) atoms. The Morgan fingerprint density at radius 2 is 2.39 bits per heavy atom. The molecule has 1 saturated carbocycles. The highest BCUT2D eigenvalue weighted by atomic mass is 16.7. The lowest BCUT2D eigenvalue weighted by atomic mass is 10.2. The van der Waals surface area contributed by atoms with E-state index in [0.29, 0.717) is 29.3 Å². The standard InChI is InChI=1S/C12H13N3O3/c1-7-10(12(16)17)11-9(4-13-6-14-11)15(7)18-5-8-2-3-8/h4,6,8H,2-3,5H2,1H3,(H,16,17). The molecule has 2 aromatic rings. The average Bonchev–Trinajstić information content (AvgIpc) is 3.11. The van der Waals surface area contributed by atoms with Crippen LogP contribution in [0.2, 0.25) is 0 Å². The molecule has 0 atom stereocenters. The van der Waals surface area contributed by atoms with Gasteiger partial charge in [0.05, 0.1) is 11.9 Å². The van der Waals surface area contributed by atoms with Crippen LogP contribution >= 0.6 is 0 Å².